The molecule has 0 heterocycles. The van der Waals surface area contributed by atoms with Crippen LogP contribution in [0.1, 0.15) is 11.1 Å². The zero-order valence-electron chi connectivity index (χ0n) is 12.2. The van der Waals surface area contributed by atoms with Gasteiger partial charge in [-0.15, -0.1) is 11.8 Å². The molecule has 2 nitrogen and oxygen atoms in total. The van der Waals surface area contributed by atoms with Gasteiger partial charge >= 0.3 is 6.18 Å². The Labute approximate surface area is 154 Å². The molecule has 1 N–H and O–H groups in total. The lowest BCUT2D eigenvalue weighted by molar-refractivity contribution is -0.137. The van der Waals surface area contributed by atoms with Crippen molar-refractivity contribution in [1.29, 1.82) is 0 Å². The molecular formula is C16H12BrClF3NOS. The summed E-state index contributed by atoms with van der Waals surface area (Å²) in [5.74, 6) is 0.0601. The van der Waals surface area contributed by atoms with E-state index in [0.29, 0.717) is 5.75 Å². The summed E-state index contributed by atoms with van der Waals surface area (Å²) >= 11 is 10.5. The van der Waals surface area contributed by atoms with Crippen molar-refractivity contribution >= 4 is 50.9 Å². The van der Waals surface area contributed by atoms with Crippen LogP contribution in [-0.4, -0.2) is 11.7 Å². The predicted octanol–water partition coefficient (Wildman–Crippen LogP) is 5.99. The fourth-order valence-corrected chi connectivity index (χ4v) is 3.39. The molecule has 8 heteroatoms. The van der Waals surface area contributed by atoms with Gasteiger partial charge in [0.15, 0.2) is 0 Å². The topological polar surface area (TPSA) is 29.1 Å². The summed E-state index contributed by atoms with van der Waals surface area (Å²) < 4.78 is 39.8. The van der Waals surface area contributed by atoms with Crippen LogP contribution >= 0.6 is 39.3 Å². The van der Waals surface area contributed by atoms with Crippen molar-refractivity contribution in [2.45, 2.75) is 11.9 Å². The first-order chi connectivity index (χ1) is 11.3. The Bertz CT molecular complexity index is 740. The molecule has 128 valence electrons. The first kappa shape index (κ1) is 19.1. The number of anilines is 1. The highest BCUT2D eigenvalue weighted by atomic mass is 79.9. The lowest BCUT2D eigenvalue weighted by Crippen LogP contribution is -2.18. The lowest BCUT2D eigenvalue weighted by atomic mass is 10.1. The van der Waals surface area contributed by atoms with Gasteiger partial charge in [0.25, 0.3) is 0 Å². The third-order valence-corrected chi connectivity index (χ3v) is 4.79. The van der Waals surface area contributed by atoms with Crippen molar-refractivity contribution < 1.29 is 18.0 Å². The molecule has 2 aromatic rings. The van der Waals surface area contributed by atoms with Crippen LogP contribution in [0, 0.1) is 0 Å². The molecule has 0 fully saturated rings. The zero-order chi connectivity index (χ0) is 17.7. The molecular weight excluding hydrogens is 427 g/mol. The van der Waals surface area contributed by atoms with Crippen molar-refractivity contribution in [2.75, 3.05) is 11.1 Å². The van der Waals surface area contributed by atoms with Gasteiger partial charge in [-0.05, 0) is 29.8 Å². The third kappa shape index (κ3) is 5.43. The van der Waals surface area contributed by atoms with Crippen LogP contribution in [0.25, 0.3) is 0 Å². The molecule has 0 aliphatic carbocycles. The Morgan fingerprint density at radius 1 is 1.21 bits per heavy atom. The molecule has 0 bridgehead atoms. The standard InChI is InChI=1S/C16H12BrClF3NOS/c17-11-4-1-3-10(7-11)8-24-9-14(23)22-15-12(16(19,20)21)5-2-6-13(15)18/h1-7H,8-9H2,(H,22,23). The van der Waals surface area contributed by atoms with E-state index in [0.717, 1.165) is 16.1 Å². The fourth-order valence-electron chi connectivity index (χ4n) is 1.95. The molecule has 1 amide bonds. The molecule has 0 saturated heterocycles. The Balaban J connectivity index is 1.98. The molecule has 0 aliphatic heterocycles. The van der Waals surface area contributed by atoms with E-state index in [-0.39, 0.29) is 10.8 Å². The van der Waals surface area contributed by atoms with Crippen LogP contribution in [0.3, 0.4) is 0 Å². The number of rotatable bonds is 5. The van der Waals surface area contributed by atoms with Crippen LogP contribution in [0.15, 0.2) is 46.9 Å². The molecule has 0 atom stereocenters. The number of nitrogens with one attached hydrogen (secondary N) is 1. The Kier molecular flexibility index (Phi) is 6.60. The Morgan fingerprint density at radius 2 is 1.92 bits per heavy atom. The predicted molar refractivity (Wildman–Crippen MR) is 95.4 cm³/mol. The summed E-state index contributed by atoms with van der Waals surface area (Å²) in [6.45, 7) is 0. The number of hydrogen-bond donors (Lipinski definition) is 1. The molecule has 0 aromatic heterocycles. The maximum atomic E-state index is 13.0. The normalized spacial score (nSPS) is 11.4. The second kappa shape index (κ2) is 8.27. The largest absolute Gasteiger partial charge is 0.418 e. The van der Waals surface area contributed by atoms with Crippen LogP contribution in [0.4, 0.5) is 18.9 Å². The minimum absolute atomic E-state index is 0.0229. The number of hydrogen-bond acceptors (Lipinski definition) is 2. The van der Waals surface area contributed by atoms with Crippen molar-refractivity contribution in [3.05, 3.63) is 63.1 Å². The van der Waals surface area contributed by atoms with E-state index in [1.54, 1.807) is 0 Å². The van der Waals surface area contributed by atoms with Crippen molar-refractivity contribution in [2.24, 2.45) is 0 Å². The molecule has 0 saturated carbocycles. The van der Waals surface area contributed by atoms with Gasteiger partial charge in [0.05, 0.1) is 22.0 Å². The van der Waals surface area contributed by atoms with E-state index in [4.69, 9.17) is 11.6 Å². The monoisotopic (exact) mass is 437 g/mol. The van der Waals surface area contributed by atoms with Gasteiger partial charge in [-0.2, -0.15) is 13.2 Å². The van der Waals surface area contributed by atoms with Gasteiger partial charge < -0.3 is 5.32 Å². The van der Waals surface area contributed by atoms with Crippen molar-refractivity contribution in [1.82, 2.24) is 0 Å². The van der Waals surface area contributed by atoms with E-state index in [2.05, 4.69) is 21.2 Å². The van der Waals surface area contributed by atoms with E-state index >= 15 is 0 Å². The number of halogens is 5. The van der Waals surface area contributed by atoms with Crippen LogP contribution in [-0.2, 0) is 16.7 Å². The fraction of sp³-hybridized carbons (Fsp3) is 0.188. The average Bonchev–Trinajstić information content (AvgIpc) is 2.48. The molecule has 2 rings (SSSR count). The molecule has 0 unspecified atom stereocenters. The SMILES string of the molecule is O=C(CSCc1cccc(Br)c1)Nc1c(Cl)cccc1C(F)(F)F. The number of carbonyl (C=O) groups excluding carboxylic acids is 1. The molecule has 0 radical (unpaired) electrons. The summed E-state index contributed by atoms with van der Waals surface area (Å²) in [7, 11) is 0. The molecule has 0 spiro atoms. The van der Waals surface area contributed by atoms with Crippen LogP contribution in [0.2, 0.25) is 5.02 Å². The van der Waals surface area contributed by atoms with Crippen LogP contribution < -0.4 is 5.32 Å². The van der Waals surface area contributed by atoms with Gasteiger partial charge in [0.1, 0.15) is 0 Å². The van der Waals surface area contributed by atoms with E-state index in [9.17, 15) is 18.0 Å². The number of para-hydroxylation sites is 1. The number of amides is 1. The quantitative estimate of drug-likeness (QED) is 0.621. The first-order valence-corrected chi connectivity index (χ1v) is 9.07. The third-order valence-electron chi connectivity index (χ3n) is 2.97. The van der Waals surface area contributed by atoms with E-state index in [1.807, 2.05) is 24.3 Å². The number of benzene rings is 2. The zero-order valence-corrected chi connectivity index (χ0v) is 15.3. The summed E-state index contributed by atoms with van der Waals surface area (Å²) in [4.78, 5) is 11.9. The summed E-state index contributed by atoms with van der Waals surface area (Å²) in [6.07, 6.45) is -4.59. The Morgan fingerprint density at radius 3 is 2.58 bits per heavy atom. The lowest BCUT2D eigenvalue weighted by Gasteiger charge is -2.15. The second-order valence-electron chi connectivity index (χ2n) is 4.83. The molecule has 2 aromatic carbocycles. The van der Waals surface area contributed by atoms with Gasteiger partial charge in [0, 0.05) is 10.2 Å². The van der Waals surface area contributed by atoms with Crippen molar-refractivity contribution in [3.63, 3.8) is 0 Å². The minimum Gasteiger partial charge on any atom is -0.324 e. The first-order valence-electron chi connectivity index (χ1n) is 6.75. The van der Waals surface area contributed by atoms with E-state index in [1.165, 1.54) is 23.9 Å². The van der Waals surface area contributed by atoms with Gasteiger partial charge in [-0.3, -0.25) is 4.79 Å². The molecule has 24 heavy (non-hydrogen) atoms. The summed E-state index contributed by atoms with van der Waals surface area (Å²) in [5, 5.41) is 2.12. The number of thioether (sulfide) groups is 1. The smallest absolute Gasteiger partial charge is 0.324 e. The minimum atomic E-state index is -4.59. The molecule has 0 aliphatic rings. The second-order valence-corrected chi connectivity index (χ2v) is 7.14. The van der Waals surface area contributed by atoms with Crippen LogP contribution in [0.5, 0.6) is 0 Å². The Hall–Kier alpha value is -1.18. The summed E-state index contributed by atoms with van der Waals surface area (Å²) in [6, 6.07) is 11.0. The summed E-state index contributed by atoms with van der Waals surface area (Å²) in [5.41, 5.74) is -0.351. The average molecular weight is 439 g/mol. The maximum absolute atomic E-state index is 13.0. The highest BCUT2D eigenvalue weighted by Gasteiger charge is 2.34. The number of alkyl halides is 3. The van der Waals surface area contributed by atoms with Gasteiger partial charge in [0.2, 0.25) is 5.91 Å². The maximum Gasteiger partial charge on any atom is 0.418 e. The highest BCUT2D eigenvalue weighted by molar-refractivity contribution is 9.10. The van der Waals surface area contributed by atoms with Gasteiger partial charge in [-0.25, -0.2) is 0 Å². The number of carbonyl (C=O) groups is 1. The van der Waals surface area contributed by atoms with Crippen molar-refractivity contribution in [3.8, 4) is 0 Å². The van der Waals surface area contributed by atoms with E-state index < -0.39 is 23.3 Å². The highest BCUT2D eigenvalue weighted by Crippen LogP contribution is 2.38. The van der Waals surface area contributed by atoms with Gasteiger partial charge in [-0.1, -0.05) is 45.7 Å².